The second-order valence-corrected chi connectivity index (χ2v) is 6.50. The summed E-state index contributed by atoms with van der Waals surface area (Å²) in [5, 5.41) is 0. The zero-order chi connectivity index (χ0) is 15.9. The maximum absolute atomic E-state index is 6.43. The molecule has 2 heteroatoms. The molecule has 0 radical (unpaired) electrons. The van der Waals surface area contributed by atoms with Gasteiger partial charge in [-0.05, 0) is 29.7 Å². The molecule has 0 bridgehead atoms. The SMILES string of the molecule is c1ccc([C@H]2Oc3ccccc3[C@H]3Oc4ccccc4C[C@H]23)cc1. The lowest BCUT2D eigenvalue weighted by atomic mass is 9.79. The van der Waals surface area contributed by atoms with Crippen LogP contribution in [0.5, 0.6) is 11.5 Å². The third kappa shape index (κ3) is 2.10. The lowest BCUT2D eigenvalue weighted by molar-refractivity contribution is 0.000386. The number of benzene rings is 3. The van der Waals surface area contributed by atoms with Gasteiger partial charge in [-0.1, -0.05) is 66.7 Å². The van der Waals surface area contributed by atoms with Gasteiger partial charge in [0.05, 0.1) is 0 Å². The highest BCUT2D eigenvalue weighted by molar-refractivity contribution is 5.44. The van der Waals surface area contributed by atoms with Crippen molar-refractivity contribution in [3.8, 4) is 11.5 Å². The Balaban J connectivity index is 1.65. The van der Waals surface area contributed by atoms with E-state index in [9.17, 15) is 0 Å². The van der Waals surface area contributed by atoms with Crippen molar-refractivity contribution < 1.29 is 9.47 Å². The Morgan fingerprint density at radius 1 is 0.625 bits per heavy atom. The van der Waals surface area contributed by atoms with E-state index in [0.717, 1.165) is 23.5 Å². The highest BCUT2D eigenvalue weighted by Crippen LogP contribution is 2.51. The second-order valence-electron chi connectivity index (χ2n) is 6.50. The van der Waals surface area contributed by atoms with Gasteiger partial charge in [0, 0.05) is 11.5 Å². The first kappa shape index (κ1) is 13.7. The molecule has 2 aliphatic rings. The van der Waals surface area contributed by atoms with E-state index in [2.05, 4.69) is 54.6 Å². The lowest BCUT2D eigenvalue weighted by Gasteiger charge is -2.42. The normalized spacial score (nSPS) is 23.9. The van der Waals surface area contributed by atoms with E-state index in [1.807, 2.05) is 24.3 Å². The van der Waals surface area contributed by atoms with Crippen LogP contribution < -0.4 is 9.47 Å². The third-order valence-electron chi connectivity index (χ3n) is 5.07. The summed E-state index contributed by atoms with van der Waals surface area (Å²) in [5.74, 6) is 2.21. The maximum Gasteiger partial charge on any atom is 0.134 e. The third-order valence-corrected chi connectivity index (χ3v) is 5.07. The monoisotopic (exact) mass is 314 g/mol. The maximum atomic E-state index is 6.43. The fourth-order valence-corrected chi connectivity index (χ4v) is 3.94. The van der Waals surface area contributed by atoms with Gasteiger partial charge in [-0.3, -0.25) is 0 Å². The average molecular weight is 314 g/mol. The van der Waals surface area contributed by atoms with Crippen LogP contribution in [0.2, 0.25) is 0 Å². The van der Waals surface area contributed by atoms with E-state index < -0.39 is 0 Å². The van der Waals surface area contributed by atoms with Crippen molar-refractivity contribution in [1.82, 2.24) is 0 Å². The zero-order valence-electron chi connectivity index (χ0n) is 13.3. The van der Waals surface area contributed by atoms with Crippen molar-refractivity contribution in [2.75, 3.05) is 0 Å². The summed E-state index contributed by atoms with van der Waals surface area (Å²) < 4.78 is 12.9. The van der Waals surface area contributed by atoms with E-state index in [-0.39, 0.29) is 18.1 Å². The van der Waals surface area contributed by atoms with E-state index in [1.165, 1.54) is 11.1 Å². The first-order valence-electron chi connectivity index (χ1n) is 8.45. The Hall–Kier alpha value is -2.74. The Kier molecular flexibility index (Phi) is 3.08. The number of hydrogen-bond acceptors (Lipinski definition) is 2. The van der Waals surface area contributed by atoms with Gasteiger partial charge in [0.1, 0.15) is 23.7 Å². The molecular formula is C22H18O2. The van der Waals surface area contributed by atoms with Crippen molar-refractivity contribution in [1.29, 1.82) is 0 Å². The predicted octanol–water partition coefficient (Wildman–Crippen LogP) is 5.11. The molecule has 24 heavy (non-hydrogen) atoms. The van der Waals surface area contributed by atoms with Crippen LogP contribution in [0.4, 0.5) is 0 Å². The van der Waals surface area contributed by atoms with Gasteiger partial charge < -0.3 is 9.47 Å². The van der Waals surface area contributed by atoms with Gasteiger partial charge in [-0.25, -0.2) is 0 Å². The Bertz CT molecular complexity index is 872. The highest BCUT2D eigenvalue weighted by Gasteiger charge is 2.43. The molecule has 0 spiro atoms. The topological polar surface area (TPSA) is 18.5 Å². The predicted molar refractivity (Wildman–Crippen MR) is 93.3 cm³/mol. The van der Waals surface area contributed by atoms with Crippen molar-refractivity contribution in [2.24, 2.45) is 5.92 Å². The van der Waals surface area contributed by atoms with Crippen LogP contribution in [0.15, 0.2) is 78.9 Å². The molecule has 0 saturated heterocycles. The zero-order valence-corrected chi connectivity index (χ0v) is 13.3. The Labute approximate surface area is 141 Å². The van der Waals surface area contributed by atoms with Gasteiger partial charge in [0.2, 0.25) is 0 Å². The molecule has 3 aromatic carbocycles. The first-order chi connectivity index (χ1) is 11.9. The smallest absolute Gasteiger partial charge is 0.134 e. The molecular weight excluding hydrogens is 296 g/mol. The molecule has 2 heterocycles. The van der Waals surface area contributed by atoms with Crippen LogP contribution in [-0.4, -0.2) is 0 Å². The minimum absolute atomic E-state index is 0.0134. The molecule has 3 aromatic rings. The minimum Gasteiger partial charge on any atom is -0.485 e. The molecule has 5 rings (SSSR count). The van der Waals surface area contributed by atoms with Gasteiger partial charge in [-0.2, -0.15) is 0 Å². The quantitative estimate of drug-likeness (QED) is 0.621. The summed E-state index contributed by atoms with van der Waals surface area (Å²) in [7, 11) is 0. The molecule has 2 nitrogen and oxygen atoms in total. The van der Waals surface area contributed by atoms with Crippen LogP contribution in [0.1, 0.15) is 28.9 Å². The van der Waals surface area contributed by atoms with E-state index in [0.29, 0.717) is 0 Å². The lowest BCUT2D eigenvalue weighted by Crippen LogP contribution is -2.36. The molecule has 0 fully saturated rings. The fraction of sp³-hybridized carbons (Fsp3) is 0.182. The van der Waals surface area contributed by atoms with Crippen LogP contribution >= 0.6 is 0 Å². The van der Waals surface area contributed by atoms with Crippen molar-refractivity contribution in [2.45, 2.75) is 18.6 Å². The standard InChI is InChI=1S/C22H18O2/c1-2-8-15(9-3-1)21-18-14-16-10-4-6-12-19(16)23-22(18)17-11-5-7-13-20(17)24-21/h1-13,18,21-22H,14H2/t18-,21-,22-/m1/s1. The highest BCUT2D eigenvalue weighted by atomic mass is 16.5. The molecule has 3 atom stereocenters. The largest absolute Gasteiger partial charge is 0.485 e. The number of hydrogen-bond donors (Lipinski definition) is 0. The van der Waals surface area contributed by atoms with Gasteiger partial charge in [0.15, 0.2) is 0 Å². The number of ether oxygens (including phenoxy) is 2. The second kappa shape index (κ2) is 5.41. The van der Waals surface area contributed by atoms with Gasteiger partial charge in [-0.15, -0.1) is 0 Å². The van der Waals surface area contributed by atoms with E-state index in [4.69, 9.17) is 9.47 Å². The van der Waals surface area contributed by atoms with Crippen LogP contribution in [0, 0.1) is 5.92 Å². The van der Waals surface area contributed by atoms with Crippen molar-refractivity contribution >= 4 is 0 Å². The summed E-state index contributed by atoms with van der Waals surface area (Å²) in [4.78, 5) is 0. The Morgan fingerprint density at radius 3 is 2.17 bits per heavy atom. The van der Waals surface area contributed by atoms with Crippen LogP contribution in [0.25, 0.3) is 0 Å². The molecule has 118 valence electrons. The average Bonchev–Trinajstić information content (AvgIpc) is 2.66. The molecule has 0 amide bonds. The first-order valence-corrected chi connectivity index (χ1v) is 8.45. The summed E-state index contributed by atoms with van der Waals surface area (Å²) in [6.07, 6.45) is 1.02. The molecule has 2 aliphatic heterocycles. The minimum atomic E-state index is 0.0134. The Morgan fingerprint density at radius 2 is 1.29 bits per heavy atom. The molecule has 0 N–H and O–H groups in total. The van der Waals surface area contributed by atoms with Gasteiger partial charge in [0.25, 0.3) is 0 Å². The van der Waals surface area contributed by atoms with Crippen molar-refractivity contribution in [3.05, 3.63) is 95.6 Å². The molecule has 0 aliphatic carbocycles. The number of fused-ring (bicyclic) bond motifs is 4. The van der Waals surface area contributed by atoms with E-state index >= 15 is 0 Å². The summed E-state index contributed by atoms with van der Waals surface area (Å²) in [6.45, 7) is 0. The summed E-state index contributed by atoms with van der Waals surface area (Å²) in [5.41, 5.74) is 3.64. The fourth-order valence-electron chi connectivity index (χ4n) is 3.94. The van der Waals surface area contributed by atoms with Crippen LogP contribution in [-0.2, 0) is 6.42 Å². The number of rotatable bonds is 1. The molecule has 0 unspecified atom stereocenters. The molecule has 0 aromatic heterocycles. The summed E-state index contributed by atoms with van der Waals surface area (Å²) in [6, 6.07) is 27.1. The number of para-hydroxylation sites is 2. The van der Waals surface area contributed by atoms with E-state index in [1.54, 1.807) is 0 Å². The molecule has 0 saturated carbocycles. The summed E-state index contributed by atoms with van der Waals surface area (Å²) >= 11 is 0. The van der Waals surface area contributed by atoms with Crippen LogP contribution in [0.3, 0.4) is 0 Å². The van der Waals surface area contributed by atoms with Gasteiger partial charge >= 0.3 is 0 Å². The van der Waals surface area contributed by atoms with Crippen molar-refractivity contribution in [3.63, 3.8) is 0 Å².